The molecule has 10 heteroatoms. The SMILES string of the molecule is CCOc1cccc(F)c1Nc1cc(Nc2ccc(N3CCN(C)CC3)cn2)ncc1C(N)=O. The summed E-state index contributed by atoms with van der Waals surface area (Å²) in [4.78, 5) is 25.3. The van der Waals surface area contributed by atoms with Crippen molar-refractivity contribution in [1.82, 2.24) is 14.9 Å². The number of para-hydroxylation sites is 1. The number of anilines is 5. The minimum Gasteiger partial charge on any atom is -0.492 e. The number of ether oxygens (including phenoxy) is 1. The zero-order valence-electron chi connectivity index (χ0n) is 19.2. The van der Waals surface area contributed by atoms with Crippen molar-refractivity contribution in [2.75, 3.05) is 55.4 Å². The molecule has 0 unspecified atom stereocenters. The molecule has 1 aliphatic rings. The van der Waals surface area contributed by atoms with Crippen molar-refractivity contribution in [3.05, 3.63) is 60.2 Å². The number of rotatable bonds is 8. The molecule has 3 aromatic rings. The molecule has 9 nitrogen and oxygen atoms in total. The lowest BCUT2D eigenvalue weighted by molar-refractivity contribution is 0.100. The average molecular weight is 466 g/mol. The highest BCUT2D eigenvalue weighted by atomic mass is 19.1. The van der Waals surface area contributed by atoms with Gasteiger partial charge < -0.3 is 30.9 Å². The predicted molar refractivity (Wildman–Crippen MR) is 131 cm³/mol. The maximum atomic E-state index is 14.5. The van der Waals surface area contributed by atoms with Gasteiger partial charge in [0.05, 0.1) is 29.7 Å². The Morgan fingerprint density at radius 1 is 1.09 bits per heavy atom. The molecule has 0 radical (unpaired) electrons. The third kappa shape index (κ3) is 5.34. The highest BCUT2D eigenvalue weighted by Crippen LogP contribution is 2.33. The number of carbonyl (C=O) groups excluding carboxylic acids is 1. The van der Waals surface area contributed by atoms with E-state index in [9.17, 15) is 9.18 Å². The third-order valence-electron chi connectivity index (χ3n) is 5.58. The van der Waals surface area contributed by atoms with E-state index in [4.69, 9.17) is 10.5 Å². The van der Waals surface area contributed by atoms with Gasteiger partial charge in [-0.05, 0) is 38.2 Å². The van der Waals surface area contributed by atoms with Crippen molar-refractivity contribution in [1.29, 1.82) is 0 Å². The van der Waals surface area contributed by atoms with Gasteiger partial charge in [-0.3, -0.25) is 4.79 Å². The minimum atomic E-state index is -0.689. The van der Waals surface area contributed by atoms with Gasteiger partial charge in [0.2, 0.25) is 0 Å². The molecule has 0 spiro atoms. The third-order valence-corrected chi connectivity index (χ3v) is 5.58. The van der Waals surface area contributed by atoms with Crippen molar-refractivity contribution >= 4 is 34.6 Å². The van der Waals surface area contributed by atoms with Gasteiger partial charge in [-0.2, -0.15) is 0 Å². The van der Waals surface area contributed by atoms with Crippen LogP contribution in [0.15, 0.2) is 48.8 Å². The monoisotopic (exact) mass is 465 g/mol. The molecule has 0 bridgehead atoms. The Morgan fingerprint density at radius 2 is 1.85 bits per heavy atom. The van der Waals surface area contributed by atoms with Gasteiger partial charge in [0.15, 0.2) is 0 Å². The number of likely N-dealkylation sites (N-methyl/N-ethyl adjacent to an activating group) is 1. The quantitative estimate of drug-likeness (QED) is 0.465. The van der Waals surface area contributed by atoms with Crippen LogP contribution in [0.5, 0.6) is 5.75 Å². The number of benzene rings is 1. The standard InChI is InChI=1S/C24H28FN7O2/c1-3-34-20-6-4-5-18(25)23(20)29-19-13-22(28-15-17(19)24(26)33)30-21-8-7-16(14-27-21)32-11-9-31(2)10-12-32/h4-8,13-15H,3,9-12H2,1-2H3,(H2,26,33)(H2,27,28,29,30). The summed E-state index contributed by atoms with van der Waals surface area (Å²) in [5.74, 6) is 0.121. The van der Waals surface area contributed by atoms with Crippen LogP contribution in [0.2, 0.25) is 0 Å². The molecule has 0 saturated carbocycles. The first-order valence-electron chi connectivity index (χ1n) is 11.1. The van der Waals surface area contributed by atoms with Crippen LogP contribution in [0, 0.1) is 5.82 Å². The first-order chi connectivity index (χ1) is 16.4. The van der Waals surface area contributed by atoms with E-state index in [0.29, 0.717) is 29.7 Å². The highest BCUT2D eigenvalue weighted by Gasteiger charge is 2.17. The van der Waals surface area contributed by atoms with Gasteiger partial charge >= 0.3 is 0 Å². The fraction of sp³-hybridized carbons (Fsp3) is 0.292. The van der Waals surface area contributed by atoms with E-state index in [0.717, 1.165) is 31.9 Å². The highest BCUT2D eigenvalue weighted by molar-refractivity contribution is 5.99. The van der Waals surface area contributed by atoms with Crippen LogP contribution in [0.3, 0.4) is 0 Å². The van der Waals surface area contributed by atoms with Crippen LogP contribution in [0.4, 0.5) is 33.1 Å². The van der Waals surface area contributed by atoms with Crippen LogP contribution in [0.25, 0.3) is 0 Å². The molecule has 0 aliphatic carbocycles. The Balaban J connectivity index is 1.55. The smallest absolute Gasteiger partial charge is 0.252 e. The number of pyridine rings is 2. The molecule has 1 aliphatic heterocycles. The van der Waals surface area contributed by atoms with E-state index in [1.807, 2.05) is 18.3 Å². The summed E-state index contributed by atoms with van der Waals surface area (Å²) in [7, 11) is 2.12. The zero-order chi connectivity index (χ0) is 24.1. The first kappa shape index (κ1) is 23.2. The lowest BCUT2D eigenvalue weighted by Gasteiger charge is -2.33. The van der Waals surface area contributed by atoms with E-state index in [-0.39, 0.29) is 11.3 Å². The van der Waals surface area contributed by atoms with Gasteiger partial charge in [0, 0.05) is 38.4 Å². The fourth-order valence-corrected chi connectivity index (χ4v) is 3.70. The van der Waals surface area contributed by atoms with Gasteiger partial charge in [-0.15, -0.1) is 0 Å². The van der Waals surface area contributed by atoms with Crippen molar-refractivity contribution in [3.63, 3.8) is 0 Å². The summed E-state index contributed by atoms with van der Waals surface area (Å²) in [6, 6.07) is 9.96. The number of halogens is 1. The molecule has 3 heterocycles. The number of carbonyl (C=O) groups is 1. The van der Waals surface area contributed by atoms with Crippen LogP contribution in [-0.2, 0) is 0 Å². The van der Waals surface area contributed by atoms with Crippen LogP contribution >= 0.6 is 0 Å². The number of primary amides is 1. The number of piperazine rings is 1. The van der Waals surface area contributed by atoms with Gasteiger partial charge in [0.25, 0.3) is 5.91 Å². The molecule has 4 N–H and O–H groups in total. The average Bonchev–Trinajstić information content (AvgIpc) is 2.82. The second-order valence-corrected chi connectivity index (χ2v) is 7.97. The Bertz CT molecular complexity index is 1150. The number of aromatic nitrogens is 2. The molecule has 4 rings (SSSR count). The molecular formula is C24H28FN7O2. The molecule has 0 atom stereocenters. The summed E-state index contributed by atoms with van der Waals surface area (Å²) < 4.78 is 20.1. The summed E-state index contributed by atoms with van der Waals surface area (Å²) in [5, 5.41) is 6.07. The van der Waals surface area contributed by atoms with Gasteiger partial charge in [-0.25, -0.2) is 14.4 Å². The number of hydrogen-bond acceptors (Lipinski definition) is 8. The Morgan fingerprint density at radius 3 is 2.53 bits per heavy atom. The minimum absolute atomic E-state index is 0.110. The number of amides is 1. The fourth-order valence-electron chi connectivity index (χ4n) is 3.70. The topological polar surface area (TPSA) is 109 Å². The van der Waals surface area contributed by atoms with Crippen LogP contribution in [-0.4, -0.2) is 60.6 Å². The zero-order valence-corrected chi connectivity index (χ0v) is 19.2. The van der Waals surface area contributed by atoms with Gasteiger partial charge in [0.1, 0.15) is 28.9 Å². The lowest BCUT2D eigenvalue weighted by Crippen LogP contribution is -2.44. The Hall–Kier alpha value is -3.92. The molecule has 1 amide bonds. The molecule has 2 aromatic heterocycles. The van der Waals surface area contributed by atoms with Crippen molar-refractivity contribution in [3.8, 4) is 5.75 Å². The summed E-state index contributed by atoms with van der Waals surface area (Å²) >= 11 is 0. The van der Waals surface area contributed by atoms with E-state index in [2.05, 4.69) is 37.4 Å². The van der Waals surface area contributed by atoms with E-state index in [1.54, 1.807) is 25.1 Å². The maximum Gasteiger partial charge on any atom is 0.252 e. The van der Waals surface area contributed by atoms with Crippen molar-refractivity contribution < 1.29 is 13.9 Å². The van der Waals surface area contributed by atoms with E-state index >= 15 is 0 Å². The predicted octanol–water partition coefficient (Wildman–Crippen LogP) is 3.35. The summed E-state index contributed by atoms with van der Waals surface area (Å²) in [6.07, 6.45) is 3.16. The summed E-state index contributed by atoms with van der Waals surface area (Å²) in [5.41, 5.74) is 7.10. The summed E-state index contributed by atoms with van der Waals surface area (Å²) in [6.45, 7) is 6.10. The number of nitrogens with one attached hydrogen (secondary N) is 2. The van der Waals surface area contributed by atoms with Crippen LogP contribution < -0.4 is 26.0 Å². The molecule has 1 fully saturated rings. The number of hydrogen-bond donors (Lipinski definition) is 3. The Labute approximate surface area is 197 Å². The lowest BCUT2D eigenvalue weighted by atomic mass is 10.2. The molecule has 1 saturated heterocycles. The second-order valence-electron chi connectivity index (χ2n) is 7.97. The largest absolute Gasteiger partial charge is 0.492 e. The number of nitrogens with zero attached hydrogens (tertiary/aromatic N) is 4. The van der Waals surface area contributed by atoms with Crippen molar-refractivity contribution in [2.45, 2.75) is 6.92 Å². The second kappa shape index (κ2) is 10.3. The van der Waals surface area contributed by atoms with Gasteiger partial charge in [-0.1, -0.05) is 6.07 Å². The Kier molecular flexibility index (Phi) is 7.07. The first-order valence-corrected chi connectivity index (χ1v) is 11.1. The molecule has 178 valence electrons. The molecule has 1 aromatic carbocycles. The maximum absolute atomic E-state index is 14.5. The van der Waals surface area contributed by atoms with Crippen molar-refractivity contribution in [2.24, 2.45) is 5.73 Å². The van der Waals surface area contributed by atoms with E-state index in [1.165, 1.54) is 12.3 Å². The normalized spacial score (nSPS) is 14.0. The molecular weight excluding hydrogens is 437 g/mol. The van der Waals surface area contributed by atoms with Crippen LogP contribution in [0.1, 0.15) is 17.3 Å². The molecule has 34 heavy (non-hydrogen) atoms. The van der Waals surface area contributed by atoms with E-state index < -0.39 is 11.7 Å². The number of nitrogens with two attached hydrogens (primary N) is 1.